The fraction of sp³-hybridized carbons (Fsp3) is 0.444. The molecule has 6 nitrogen and oxygen atoms in total. The summed E-state index contributed by atoms with van der Waals surface area (Å²) >= 11 is 0. The summed E-state index contributed by atoms with van der Waals surface area (Å²) in [7, 11) is 0. The number of hydrogen-bond acceptors (Lipinski definition) is 5. The van der Waals surface area contributed by atoms with Crippen LogP contribution in [-0.4, -0.2) is 31.2 Å². The number of benzene rings is 1. The Bertz CT molecular complexity index is 583. The predicted molar refractivity (Wildman–Crippen MR) is 91.8 cm³/mol. The summed E-state index contributed by atoms with van der Waals surface area (Å²) in [5.41, 5.74) is 5.80. The van der Waals surface area contributed by atoms with Gasteiger partial charge < -0.3 is 19.9 Å². The van der Waals surface area contributed by atoms with Crippen LogP contribution < -0.4 is 15.2 Å². The largest absolute Gasteiger partial charge is 0.490 e. The van der Waals surface area contributed by atoms with E-state index in [1.165, 1.54) is 13.0 Å². The SMILES string of the molecule is CCCCOc1ccc(/C=C/C(=O)O[C@H](C)C(N)=O)cc1OCC. The minimum Gasteiger partial charge on any atom is -0.490 e. The highest BCUT2D eigenvalue weighted by Crippen LogP contribution is 2.29. The first-order valence-corrected chi connectivity index (χ1v) is 8.05. The molecule has 132 valence electrons. The van der Waals surface area contributed by atoms with Gasteiger partial charge in [0.25, 0.3) is 5.91 Å². The van der Waals surface area contributed by atoms with Gasteiger partial charge in [0.2, 0.25) is 0 Å². The van der Waals surface area contributed by atoms with E-state index in [2.05, 4.69) is 6.92 Å². The number of ether oxygens (including phenoxy) is 3. The Morgan fingerprint density at radius 3 is 2.58 bits per heavy atom. The van der Waals surface area contributed by atoms with E-state index in [4.69, 9.17) is 19.9 Å². The quantitative estimate of drug-likeness (QED) is 0.403. The highest BCUT2D eigenvalue weighted by Gasteiger charge is 2.12. The van der Waals surface area contributed by atoms with Gasteiger partial charge in [-0.1, -0.05) is 19.4 Å². The van der Waals surface area contributed by atoms with E-state index in [1.807, 2.05) is 13.0 Å². The van der Waals surface area contributed by atoms with Crippen LogP contribution in [0.1, 0.15) is 39.2 Å². The Hall–Kier alpha value is -2.50. The van der Waals surface area contributed by atoms with E-state index < -0.39 is 18.0 Å². The van der Waals surface area contributed by atoms with E-state index in [9.17, 15) is 9.59 Å². The molecule has 2 N–H and O–H groups in total. The maximum absolute atomic E-state index is 11.6. The average molecular weight is 335 g/mol. The van der Waals surface area contributed by atoms with Gasteiger partial charge in [0, 0.05) is 6.08 Å². The summed E-state index contributed by atoms with van der Waals surface area (Å²) in [5, 5.41) is 0. The second-order valence-corrected chi connectivity index (χ2v) is 5.16. The third-order valence-corrected chi connectivity index (χ3v) is 3.13. The first-order chi connectivity index (χ1) is 11.5. The lowest BCUT2D eigenvalue weighted by molar-refractivity contribution is -0.148. The van der Waals surface area contributed by atoms with Crippen LogP contribution in [0.5, 0.6) is 11.5 Å². The minimum atomic E-state index is -0.963. The van der Waals surface area contributed by atoms with E-state index >= 15 is 0 Å². The van der Waals surface area contributed by atoms with Gasteiger partial charge >= 0.3 is 5.97 Å². The predicted octanol–water partition coefficient (Wildman–Crippen LogP) is 2.69. The van der Waals surface area contributed by atoms with Gasteiger partial charge in [-0.3, -0.25) is 4.79 Å². The maximum atomic E-state index is 11.6. The van der Waals surface area contributed by atoms with Gasteiger partial charge in [-0.2, -0.15) is 0 Å². The third-order valence-electron chi connectivity index (χ3n) is 3.13. The van der Waals surface area contributed by atoms with Gasteiger partial charge in [-0.15, -0.1) is 0 Å². The number of primary amides is 1. The Kier molecular flexibility index (Phi) is 8.39. The zero-order chi connectivity index (χ0) is 17.9. The summed E-state index contributed by atoms with van der Waals surface area (Å²) in [5.74, 6) is -0.0338. The molecule has 0 unspecified atom stereocenters. The Balaban J connectivity index is 2.77. The van der Waals surface area contributed by atoms with Crippen molar-refractivity contribution in [3.05, 3.63) is 29.8 Å². The molecule has 1 amide bonds. The zero-order valence-electron chi connectivity index (χ0n) is 14.4. The van der Waals surface area contributed by atoms with Crippen molar-refractivity contribution < 1.29 is 23.8 Å². The molecule has 1 atom stereocenters. The molecule has 1 aromatic carbocycles. The Morgan fingerprint density at radius 1 is 1.21 bits per heavy atom. The van der Waals surface area contributed by atoms with Crippen LogP contribution in [0.3, 0.4) is 0 Å². The molecular formula is C18H25NO5. The van der Waals surface area contributed by atoms with Crippen LogP contribution in [0.15, 0.2) is 24.3 Å². The molecule has 0 aliphatic rings. The fourth-order valence-corrected chi connectivity index (χ4v) is 1.78. The summed E-state index contributed by atoms with van der Waals surface area (Å²) in [6, 6.07) is 5.40. The second kappa shape index (κ2) is 10.3. The van der Waals surface area contributed by atoms with E-state index in [0.717, 1.165) is 18.4 Å². The lowest BCUT2D eigenvalue weighted by atomic mass is 10.2. The Labute approximate surface area is 142 Å². The maximum Gasteiger partial charge on any atom is 0.331 e. The zero-order valence-corrected chi connectivity index (χ0v) is 14.4. The summed E-state index contributed by atoms with van der Waals surface area (Å²) in [6.45, 7) is 6.54. The average Bonchev–Trinajstić information content (AvgIpc) is 2.55. The summed E-state index contributed by atoms with van der Waals surface area (Å²) < 4.78 is 16.1. The van der Waals surface area contributed by atoms with E-state index in [1.54, 1.807) is 18.2 Å². The minimum absolute atomic E-state index is 0.509. The molecular weight excluding hydrogens is 310 g/mol. The highest BCUT2D eigenvalue weighted by molar-refractivity contribution is 5.90. The van der Waals surface area contributed by atoms with Crippen LogP contribution in [-0.2, 0) is 14.3 Å². The smallest absolute Gasteiger partial charge is 0.331 e. The first-order valence-electron chi connectivity index (χ1n) is 8.05. The van der Waals surface area contributed by atoms with Crippen molar-refractivity contribution in [1.29, 1.82) is 0 Å². The molecule has 0 radical (unpaired) electrons. The Morgan fingerprint density at radius 2 is 1.96 bits per heavy atom. The second-order valence-electron chi connectivity index (χ2n) is 5.16. The van der Waals surface area contributed by atoms with Crippen LogP contribution in [0.4, 0.5) is 0 Å². The molecule has 0 aliphatic heterocycles. The third kappa shape index (κ3) is 6.73. The van der Waals surface area contributed by atoms with Gasteiger partial charge in [0.05, 0.1) is 13.2 Å². The molecule has 1 aromatic rings. The number of hydrogen-bond donors (Lipinski definition) is 1. The molecule has 0 fully saturated rings. The standard InChI is InChI=1S/C18H25NO5/c1-4-6-11-23-15-9-7-14(12-16(15)22-5-2)8-10-17(20)24-13(3)18(19)21/h7-10,12-13H,4-6,11H2,1-3H3,(H2,19,21)/b10-8+/t13-/m1/s1. The molecule has 6 heteroatoms. The van der Waals surface area contributed by atoms with Crippen molar-refractivity contribution in [2.24, 2.45) is 5.73 Å². The van der Waals surface area contributed by atoms with Gasteiger partial charge in [-0.05, 0) is 44.0 Å². The van der Waals surface area contributed by atoms with Crippen molar-refractivity contribution in [3.8, 4) is 11.5 Å². The number of rotatable bonds is 10. The number of esters is 1. The molecule has 0 spiro atoms. The fourth-order valence-electron chi connectivity index (χ4n) is 1.78. The molecule has 0 bridgehead atoms. The molecule has 0 heterocycles. The van der Waals surface area contributed by atoms with Gasteiger partial charge in [0.1, 0.15) is 0 Å². The molecule has 0 aromatic heterocycles. The summed E-state index contributed by atoms with van der Waals surface area (Å²) in [6.07, 6.45) is 3.88. The number of nitrogens with two attached hydrogens (primary N) is 1. The lowest BCUT2D eigenvalue weighted by Gasteiger charge is -2.12. The first kappa shape index (κ1) is 19.5. The molecule has 0 aliphatic carbocycles. The normalized spacial score (nSPS) is 12.0. The van der Waals surface area contributed by atoms with E-state index in [0.29, 0.717) is 24.7 Å². The topological polar surface area (TPSA) is 87.9 Å². The molecule has 1 rings (SSSR count). The number of carbonyl (C=O) groups is 2. The van der Waals surface area contributed by atoms with Gasteiger partial charge in [-0.25, -0.2) is 4.79 Å². The van der Waals surface area contributed by atoms with Crippen molar-refractivity contribution in [2.75, 3.05) is 13.2 Å². The molecule has 24 heavy (non-hydrogen) atoms. The van der Waals surface area contributed by atoms with Crippen molar-refractivity contribution in [3.63, 3.8) is 0 Å². The molecule has 0 saturated heterocycles. The number of amides is 1. The number of unbranched alkanes of at least 4 members (excludes halogenated alkanes) is 1. The van der Waals surface area contributed by atoms with Crippen molar-refractivity contribution in [1.82, 2.24) is 0 Å². The van der Waals surface area contributed by atoms with Crippen molar-refractivity contribution in [2.45, 2.75) is 39.7 Å². The van der Waals surface area contributed by atoms with Crippen LogP contribution in [0.25, 0.3) is 6.08 Å². The van der Waals surface area contributed by atoms with E-state index in [-0.39, 0.29) is 0 Å². The summed E-state index contributed by atoms with van der Waals surface area (Å²) in [4.78, 5) is 22.5. The van der Waals surface area contributed by atoms with Gasteiger partial charge in [0.15, 0.2) is 17.6 Å². The molecule has 0 saturated carbocycles. The monoisotopic (exact) mass is 335 g/mol. The van der Waals surface area contributed by atoms with Crippen LogP contribution in [0.2, 0.25) is 0 Å². The van der Waals surface area contributed by atoms with Crippen LogP contribution >= 0.6 is 0 Å². The lowest BCUT2D eigenvalue weighted by Crippen LogP contribution is -2.29. The van der Waals surface area contributed by atoms with Crippen molar-refractivity contribution >= 4 is 18.0 Å². The highest BCUT2D eigenvalue weighted by atomic mass is 16.5. The van der Waals surface area contributed by atoms with Crippen LogP contribution in [0, 0.1) is 0 Å². The number of carbonyl (C=O) groups excluding carboxylic acids is 2.